The average Bonchev–Trinajstić information content (AvgIpc) is 3.23. The van der Waals surface area contributed by atoms with E-state index in [2.05, 4.69) is 37.0 Å². The Balaban J connectivity index is 1.47. The van der Waals surface area contributed by atoms with E-state index in [-0.39, 0.29) is 5.91 Å². The number of halogens is 1. The van der Waals surface area contributed by atoms with E-state index in [0.717, 1.165) is 32.9 Å². The van der Waals surface area contributed by atoms with Crippen LogP contribution in [0.25, 0.3) is 10.2 Å². The number of anilines is 1. The number of benzene rings is 1. The van der Waals surface area contributed by atoms with E-state index in [1.807, 2.05) is 12.1 Å². The third kappa shape index (κ3) is 2.84. The zero-order valence-electron chi connectivity index (χ0n) is 12.1. The first-order chi connectivity index (χ1) is 11.2. The van der Waals surface area contributed by atoms with Gasteiger partial charge in [0.25, 0.3) is 5.91 Å². The second-order valence-electron chi connectivity index (χ2n) is 5.26. The van der Waals surface area contributed by atoms with Gasteiger partial charge >= 0.3 is 0 Å². The van der Waals surface area contributed by atoms with Crippen molar-refractivity contribution in [2.24, 2.45) is 0 Å². The van der Waals surface area contributed by atoms with Crippen LogP contribution in [0.5, 0.6) is 0 Å². The second kappa shape index (κ2) is 5.93. The fourth-order valence-electron chi connectivity index (χ4n) is 2.60. The lowest BCUT2D eigenvalue weighted by molar-refractivity contribution is 0.0705. The van der Waals surface area contributed by atoms with Gasteiger partial charge in [0.1, 0.15) is 0 Å². The molecule has 1 saturated heterocycles. The van der Waals surface area contributed by atoms with Gasteiger partial charge in [-0.2, -0.15) is 0 Å². The van der Waals surface area contributed by atoms with Crippen molar-refractivity contribution in [2.45, 2.75) is 0 Å². The molecule has 0 saturated carbocycles. The van der Waals surface area contributed by atoms with Crippen LogP contribution in [0, 0.1) is 0 Å². The summed E-state index contributed by atoms with van der Waals surface area (Å²) in [6, 6.07) is 7.70. The number of hydrogen-bond donors (Lipinski definition) is 0. The number of amides is 1. The summed E-state index contributed by atoms with van der Waals surface area (Å²) in [6.45, 7) is 2.83. The van der Waals surface area contributed by atoms with Gasteiger partial charge in [0, 0.05) is 36.7 Å². The summed E-state index contributed by atoms with van der Waals surface area (Å²) in [5, 5.41) is 4.59. The Morgan fingerprint density at radius 1 is 1.22 bits per heavy atom. The summed E-state index contributed by atoms with van der Waals surface area (Å²) in [5.74, 6) is 0.193. The molecule has 1 aliphatic rings. The maximum Gasteiger partial charge on any atom is 0.292 e. The van der Waals surface area contributed by atoms with Crippen molar-refractivity contribution in [3.8, 4) is 0 Å². The van der Waals surface area contributed by atoms with E-state index in [4.69, 9.17) is 4.52 Å². The summed E-state index contributed by atoms with van der Waals surface area (Å²) in [4.78, 5) is 20.9. The van der Waals surface area contributed by atoms with Crippen molar-refractivity contribution < 1.29 is 9.32 Å². The van der Waals surface area contributed by atoms with Gasteiger partial charge in [-0.05, 0) is 18.2 Å². The van der Waals surface area contributed by atoms with E-state index >= 15 is 0 Å². The van der Waals surface area contributed by atoms with Gasteiger partial charge in [0.2, 0.25) is 5.76 Å². The molecule has 0 bridgehead atoms. The lowest BCUT2D eigenvalue weighted by Gasteiger charge is -2.33. The number of piperazine rings is 1. The van der Waals surface area contributed by atoms with Crippen LogP contribution in [0.2, 0.25) is 0 Å². The quantitative estimate of drug-likeness (QED) is 0.670. The number of rotatable bonds is 2. The highest BCUT2D eigenvalue weighted by atomic mass is 79.9. The highest BCUT2D eigenvalue weighted by molar-refractivity contribution is 9.10. The van der Waals surface area contributed by atoms with Crippen LogP contribution in [-0.2, 0) is 0 Å². The van der Waals surface area contributed by atoms with Crippen LogP contribution < -0.4 is 4.90 Å². The van der Waals surface area contributed by atoms with Crippen LogP contribution >= 0.6 is 27.3 Å². The van der Waals surface area contributed by atoms with Crippen LogP contribution in [-0.4, -0.2) is 47.1 Å². The van der Waals surface area contributed by atoms with Crippen molar-refractivity contribution in [2.75, 3.05) is 31.1 Å². The Kier molecular flexibility index (Phi) is 3.78. The minimum atomic E-state index is -0.101. The molecule has 1 aromatic carbocycles. The molecule has 0 N–H and O–H groups in total. The maximum atomic E-state index is 12.2. The molecule has 3 heterocycles. The van der Waals surface area contributed by atoms with Gasteiger partial charge in [0.15, 0.2) is 5.13 Å². The normalized spacial score (nSPS) is 15.3. The molecule has 8 heteroatoms. The SMILES string of the molecule is O=C(c1ccno1)N1CCN(c2nc3ccc(Br)cc3s2)CC1. The molecule has 1 aliphatic heterocycles. The first-order valence-electron chi connectivity index (χ1n) is 7.22. The van der Waals surface area contributed by atoms with Crippen LogP contribution in [0.15, 0.2) is 39.5 Å². The smallest absolute Gasteiger partial charge is 0.292 e. The number of thiazole rings is 1. The van der Waals surface area contributed by atoms with Crippen molar-refractivity contribution in [1.29, 1.82) is 0 Å². The monoisotopic (exact) mass is 392 g/mol. The van der Waals surface area contributed by atoms with Gasteiger partial charge in [0.05, 0.1) is 16.4 Å². The molecule has 3 aromatic rings. The predicted octanol–water partition coefficient (Wildman–Crippen LogP) is 3.01. The van der Waals surface area contributed by atoms with Crippen molar-refractivity contribution in [3.05, 3.63) is 40.7 Å². The first-order valence-corrected chi connectivity index (χ1v) is 8.83. The molecule has 1 amide bonds. The van der Waals surface area contributed by atoms with Crippen molar-refractivity contribution in [3.63, 3.8) is 0 Å². The molecular formula is C15H13BrN4O2S. The van der Waals surface area contributed by atoms with Gasteiger partial charge in [-0.1, -0.05) is 32.4 Å². The number of fused-ring (bicyclic) bond motifs is 1. The van der Waals surface area contributed by atoms with Gasteiger partial charge in [-0.15, -0.1) is 0 Å². The van der Waals surface area contributed by atoms with Crippen molar-refractivity contribution in [1.82, 2.24) is 15.0 Å². The lowest BCUT2D eigenvalue weighted by Crippen LogP contribution is -2.48. The fourth-order valence-corrected chi connectivity index (χ4v) is 4.17. The van der Waals surface area contributed by atoms with E-state index in [0.29, 0.717) is 18.8 Å². The molecule has 1 fully saturated rings. The van der Waals surface area contributed by atoms with Gasteiger partial charge < -0.3 is 14.3 Å². The molecule has 23 heavy (non-hydrogen) atoms. The number of hydrogen-bond acceptors (Lipinski definition) is 6. The van der Waals surface area contributed by atoms with E-state index in [1.165, 1.54) is 6.20 Å². The molecule has 2 aromatic heterocycles. The zero-order valence-corrected chi connectivity index (χ0v) is 14.5. The van der Waals surface area contributed by atoms with Gasteiger partial charge in [-0.3, -0.25) is 4.79 Å². The standard InChI is InChI=1S/C15H13BrN4O2S/c16-10-1-2-11-13(9-10)23-15(18-11)20-7-5-19(6-8-20)14(21)12-3-4-17-22-12/h1-4,9H,5-8H2. The highest BCUT2D eigenvalue weighted by Gasteiger charge is 2.25. The van der Waals surface area contributed by atoms with Crippen LogP contribution in [0.3, 0.4) is 0 Å². The largest absolute Gasteiger partial charge is 0.351 e. The molecule has 0 aliphatic carbocycles. The minimum absolute atomic E-state index is 0.101. The summed E-state index contributed by atoms with van der Waals surface area (Å²) in [7, 11) is 0. The predicted molar refractivity (Wildman–Crippen MR) is 91.9 cm³/mol. The summed E-state index contributed by atoms with van der Waals surface area (Å²) < 4.78 is 7.16. The summed E-state index contributed by atoms with van der Waals surface area (Å²) in [5.41, 5.74) is 1.01. The molecule has 0 spiro atoms. The van der Waals surface area contributed by atoms with Gasteiger partial charge in [-0.25, -0.2) is 4.98 Å². The first kappa shape index (κ1) is 14.6. The lowest BCUT2D eigenvalue weighted by atomic mass is 10.3. The Labute approximate surface area is 144 Å². The summed E-state index contributed by atoms with van der Waals surface area (Å²) >= 11 is 5.17. The average molecular weight is 393 g/mol. The molecule has 0 atom stereocenters. The van der Waals surface area contributed by atoms with E-state index < -0.39 is 0 Å². The van der Waals surface area contributed by atoms with E-state index in [1.54, 1.807) is 22.3 Å². The molecule has 0 unspecified atom stereocenters. The fraction of sp³-hybridized carbons (Fsp3) is 0.267. The van der Waals surface area contributed by atoms with Crippen LogP contribution in [0.4, 0.5) is 5.13 Å². The second-order valence-corrected chi connectivity index (χ2v) is 7.19. The number of nitrogens with zero attached hydrogens (tertiary/aromatic N) is 4. The zero-order chi connectivity index (χ0) is 15.8. The van der Waals surface area contributed by atoms with Crippen LogP contribution in [0.1, 0.15) is 10.6 Å². The maximum absolute atomic E-state index is 12.2. The Hall–Kier alpha value is -1.93. The molecule has 6 nitrogen and oxygen atoms in total. The van der Waals surface area contributed by atoms with E-state index in [9.17, 15) is 4.79 Å². The minimum Gasteiger partial charge on any atom is -0.351 e. The number of carbonyl (C=O) groups excluding carboxylic acids is 1. The third-order valence-corrected chi connectivity index (χ3v) is 5.40. The van der Waals surface area contributed by atoms with Crippen molar-refractivity contribution >= 4 is 48.5 Å². The Morgan fingerprint density at radius 3 is 2.78 bits per heavy atom. The summed E-state index contributed by atoms with van der Waals surface area (Å²) in [6.07, 6.45) is 1.49. The number of aromatic nitrogens is 2. The Morgan fingerprint density at radius 2 is 2.04 bits per heavy atom. The highest BCUT2D eigenvalue weighted by Crippen LogP contribution is 2.31. The third-order valence-electron chi connectivity index (χ3n) is 3.83. The molecule has 4 rings (SSSR count). The molecule has 0 radical (unpaired) electrons. The molecular weight excluding hydrogens is 380 g/mol. The molecule has 118 valence electrons. The number of carbonyl (C=O) groups is 1. The topological polar surface area (TPSA) is 62.5 Å². The Bertz CT molecular complexity index is 840.